The zero-order valence-corrected chi connectivity index (χ0v) is 7.73. The van der Waals surface area contributed by atoms with Gasteiger partial charge in [0.05, 0.1) is 0 Å². The van der Waals surface area contributed by atoms with Gasteiger partial charge in [0.1, 0.15) is 0 Å². The van der Waals surface area contributed by atoms with E-state index in [2.05, 4.69) is 10.3 Å². The summed E-state index contributed by atoms with van der Waals surface area (Å²) in [4.78, 5) is 3.34. The minimum absolute atomic E-state index is 0.104. The lowest BCUT2D eigenvalue weighted by atomic mass is 10.2. The molecule has 0 unspecified atom stereocenters. The number of alkyl halides is 2. The van der Waals surface area contributed by atoms with Crippen molar-refractivity contribution in [1.29, 1.82) is 0 Å². The molecule has 2 nitrogen and oxygen atoms in total. The maximum absolute atomic E-state index is 12.5. The van der Waals surface area contributed by atoms with Gasteiger partial charge >= 0.3 is 0 Å². The lowest BCUT2D eigenvalue weighted by Gasteiger charge is -2.11. The van der Waals surface area contributed by atoms with Crippen molar-refractivity contribution in [2.75, 3.05) is 11.9 Å². The lowest BCUT2D eigenvalue weighted by molar-refractivity contribution is 0.0167. The highest BCUT2D eigenvalue weighted by Crippen LogP contribution is 2.16. The first kappa shape index (κ1) is 10.8. The molecule has 1 rings (SSSR count). The van der Waals surface area contributed by atoms with Crippen molar-refractivity contribution in [2.24, 2.45) is 0 Å². The van der Waals surface area contributed by atoms with Crippen molar-refractivity contribution in [3.8, 4) is 0 Å². The third-order valence-electron chi connectivity index (χ3n) is 1.62. The molecule has 0 spiro atoms. The smallest absolute Gasteiger partial charge is 0.247 e. The van der Waals surface area contributed by atoms with Crippen molar-refractivity contribution < 1.29 is 13.2 Å². The summed E-state index contributed by atoms with van der Waals surface area (Å²) in [5, 5.41) is 2.68. The summed E-state index contributed by atoms with van der Waals surface area (Å²) in [5.41, 5.74) is 0.460. The van der Waals surface area contributed by atoms with Gasteiger partial charge in [0, 0.05) is 30.9 Å². The second kappa shape index (κ2) is 4.30. The molecular weight excluding hydrogens is 193 g/mol. The second-order valence-electron chi connectivity index (χ2n) is 3.11. The molecule has 0 aliphatic carbocycles. The van der Waals surface area contributed by atoms with Gasteiger partial charge in [0.15, 0.2) is 0 Å². The Labute approximate surface area is 80.2 Å². The Balaban J connectivity index is 2.39. The van der Waals surface area contributed by atoms with E-state index in [1.54, 1.807) is 0 Å². The minimum atomic E-state index is -2.70. The average molecular weight is 204 g/mol. The lowest BCUT2D eigenvalue weighted by Crippen LogP contribution is -2.16. The highest BCUT2D eigenvalue weighted by molar-refractivity contribution is 5.40. The standard InChI is InChI=1S/C9H11F3N2/c1-9(11,12)3-5-13-7-2-4-14-8(10)6-7/h2,4,6H,3,5H2,1H3,(H,13,14). The first-order valence-electron chi connectivity index (χ1n) is 4.21. The van der Waals surface area contributed by atoms with Gasteiger partial charge in [-0.2, -0.15) is 4.39 Å². The molecule has 0 aromatic carbocycles. The van der Waals surface area contributed by atoms with Crippen LogP contribution >= 0.6 is 0 Å². The van der Waals surface area contributed by atoms with Crippen LogP contribution in [0.1, 0.15) is 13.3 Å². The number of pyridine rings is 1. The van der Waals surface area contributed by atoms with Crippen LogP contribution in [0.5, 0.6) is 0 Å². The van der Waals surface area contributed by atoms with Gasteiger partial charge in [-0.1, -0.05) is 0 Å². The van der Waals surface area contributed by atoms with E-state index in [9.17, 15) is 13.2 Å². The molecule has 1 aromatic heterocycles. The summed E-state index contributed by atoms with van der Waals surface area (Å²) < 4.78 is 37.3. The summed E-state index contributed by atoms with van der Waals surface area (Å²) in [6.07, 6.45) is 0.999. The number of rotatable bonds is 4. The van der Waals surface area contributed by atoms with Crippen molar-refractivity contribution in [3.63, 3.8) is 0 Å². The zero-order valence-electron chi connectivity index (χ0n) is 7.73. The van der Waals surface area contributed by atoms with E-state index in [4.69, 9.17) is 0 Å². The van der Waals surface area contributed by atoms with Gasteiger partial charge in [0.25, 0.3) is 0 Å². The fourth-order valence-corrected chi connectivity index (χ4v) is 0.939. The molecule has 78 valence electrons. The molecule has 1 N–H and O–H groups in total. The molecule has 0 amide bonds. The maximum atomic E-state index is 12.5. The number of nitrogens with zero attached hydrogens (tertiary/aromatic N) is 1. The quantitative estimate of drug-likeness (QED) is 0.762. The molecule has 0 aliphatic heterocycles. The van der Waals surface area contributed by atoms with Gasteiger partial charge < -0.3 is 5.32 Å². The predicted molar refractivity (Wildman–Crippen MR) is 47.9 cm³/mol. The number of nitrogens with one attached hydrogen (secondary N) is 1. The highest BCUT2D eigenvalue weighted by atomic mass is 19.3. The number of hydrogen-bond donors (Lipinski definition) is 1. The molecule has 1 aromatic rings. The Bertz CT molecular complexity index is 296. The van der Waals surface area contributed by atoms with E-state index in [0.717, 1.165) is 13.0 Å². The van der Waals surface area contributed by atoms with Crippen LogP contribution in [0.15, 0.2) is 18.3 Å². The molecular formula is C9H11F3N2. The highest BCUT2D eigenvalue weighted by Gasteiger charge is 2.19. The Morgan fingerprint density at radius 2 is 2.21 bits per heavy atom. The SMILES string of the molecule is CC(F)(F)CCNc1ccnc(F)c1. The summed E-state index contributed by atoms with van der Waals surface area (Å²) in [6, 6.07) is 2.69. The molecule has 0 radical (unpaired) electrons. The van der Waals surface area contributed by atoms with E-state index >= 15 is 0 Å². The van der Waals surface area contributed by atoms with Crippen LogP contribution in [-0.2, 0) is 0 Å². The molecule has 0 saturated heterocycles. The van der Waals surface area contributed by atoms with Gasteiger partial charge in [-0.25, -0.2) is 13.8 Å². The van der Waals surface area contributed by atoms with E-state index in [-0.39, 0.29) is 13.0 Å². The van der Waals surface area contributed by atoms with Gasteiger partial charge in [-0.3, -0.25) is 0 Å². The monoisotopic (exact) mass is 204 g/mol. The van der Waals surface area contributed by atoms with Crippen molar-refractivity contribution in [1.82, 2.24) is 4.98 Å². The number of hydrogen-bond acceptors (Lipinski definition) is 2. The van der Waals surface area contributed by atoms with Crippen LogP contribution in [0, 0.1) is 5.95 Å². The molecule has 0 saturated carbocycles. The van der Waals surface area contributed by atoms with E-state index in [1.165, 1.54) is 12.3 Å². The van der Waals surface area contributed by atoms with E-state index in [1.807, 2.05) is 0 Å². The number of aromatic nitrogens is 1. The van der Waals surface area contributed by atoms with Gasteiger partial charge in [-0.05, 0) is 13.0 Å². The molecule has 14 heavy (non-hydrogen) atoms. The number of halogens is 3. The Kier molecular flexibility index (Phi) is 3.33. The van der Waals surface area contributed by atoms with Crippen LogP contribution in [0.3, 0.4) is 0 Å². The van der Waals surface area contributed by atoms with Crippen molar-refractivity contribution in [2.45, 2.75) is 19.3 Å². The van der Waals surface area contributed by atoms with E-state index in [0.29, 0.717) is 5.69 Å². The van der Waals surface area contributed by atoms with Gasteiger partial charge in [-0.15, -0.1) is 0 Å². The molecule has 0 bridgehead atoms. The summed E-state index contributed by atoms with van der Waals surface area (Å²) in [6.45, 7) is 0.953. The largest absolute Gasteiger partial charge is 0.385 e. The summed E-state index contributed by atoms with van der Waals surface area (Å²) in [5.74, 6) is -3.32. The normalized spacial score (nSPS) is 11.4. The van der Waals surface area contributed by atoms with Crippen LogP contribution in [0.25, 0.3) is 0 Å². The topological polar surface area (TPSA) is 24.9 Å². The third kappa shape index (κ3) is 4.11. The summed E-state index contributed by atoms with van der Waals surface area (Å²) in [7, 11) is 0. The number of anilines is 1. The first-order chi connectivity index (χ1) is 6.47. The van der Waals surface area contributed by atoms with Crippen LogP contribution in [0.2, 0.25) is 0 Å². The third-order valence-corrected chi connectivity index (χ3v) is 1.62. The Hall–Kier alpha value is -1.26. The predicted octanol–water partition coefficient (Wildman–Crippen LogP) is 2.68. The van der Waals surface area contributed by atoms with Crippen LogP contribution < -0.4 is 5.32 Å². The zero-order chi connectivity index (χ0) is 10.6. The van der Waals surface area contributed by atoms with E-state index < -0.39 is 11.9 Å². The first-order valence-corrected chi connectivity index (χ1v) is 4.21. The van der Waals surface area contributed by atoms with Crippen molar-refractivity contribution >= 4 is 5.69 Å². The van der Waals surface area contributed by atoms with Crippen molar-refractivity contribution in [3.05, 3.63) is 24.3 Å². The molecule has 0 fully saturated rings. The fraction of sp³-hybridized carbons (Fsp3) is 0.444. The van der Waals surface area contributed by atoms with Crippen LogP contribution in [0.4, 0.5) is 18.9 Å². The van der Waals surface area contributed by atoms with Crippen LogP contribution in [-0.4, -0.2) is 17.5 Å². The molecule has 0 aliphatic rings. The molecule has 1 heterocycles. The molecule has 0 atom stereocenters. The minimum Gasteiger partial charge on any atom is -0.385 e. The summed E-state index contributed by atoms with van der Waals surface area (Å²) >= 11 is 0. The average Bonchev–Trinajstić information content (AvgIpc) is 2.01. The molecule has 5 heteroatoms. The van der Waals surface area contributed by atoms with Gasteiger partial charge in [0.2, 0.25) is 11.9 Å². The Morgan fingerprint density at radius 1 is 1.50 bits per heavy atom. The fourth-order valence-electron chi connectivity index (χ4n) is 0.939. The Morgan fingerprint density at radius 3 is 2.79 bits per heavy atom. The maximum Gasteiger partial charge on any atom is 0.247 e. The second-order valence-corrected chi connectivity index (χ2v) is 3.11.